The molecular weight excluding hydrogens is 436 g/mol. The van der Waals surface area contributed by atoms with Crippen molar-refractivity contribution in [2.45, 2.75) is 18.8 Å². The summed E-state index contributed by atoms with van der Waals surface area (Å²) in [5, 5.41) is 12.5. The molecular formula is C30H24N2OS. The Bertz CT molecular complexity index is 1470. The van der Waals surface area contributed by atoms with Crippen LogP contribution in [-0.4, -0.2) is 10.7 Å². The molecule has 0 saturated carbocycles. The first-order valence-corrected chi connectivity index (χ1v) is 12.5. The number of benzene rings is 4. The van der Waals surface area contributed by atoms with Crippen LogP contribution in [0.4, 0.5) is 0 Å². The number of nitrogens with zero attached hydrogens (tertiary/aromatic N) is 2. The van der Waals surface area contributed by atoms with Gasteiger partial charge in [0.15, 0.2) is 0 Å². The molecule has 0 unspecified atom stereocenters. The number of rotatable bonds is 8. The second-order valence-corrected chi connectivity index (χ2v) is 9.34. The Morgan fingerprint density at radius 2 is 1.56 bits per heavy atom. The van der Waals surface area contributed by atoms with Gasteiger partial charge in [-0.25, -0.2) is 4.98 Å². The largest absolute Gasteiger partial charge is 0.487 e. The van der Waals surface area contributed by atoms with Crippen molar-refractivity contribution < 1.29 is 4.74 Å². The van der Waals surface area contributed by atoms with Crippen LogP contribution >= 0.6 is 11.8 Å². The number of aryl methyl sites for hydroxylation is 1. The minimum absolute atomic E-state index is 0.446. The lowest BCUT2D eigenvalue weighted by Gasteiger charge is -2.09. The summed E-state index contributed by atoms with van der Waals surface area (Å²) in [5.41, 5.74) is 5.21. The first-order valence-electron chi connectivity index (χ1n) is 11.3. The van der Waals surface area contributed by atoms with Gasteiger partial charge in [0.2, 0.25) is 0 Å². The maximum Gasteiger partial charge on any atom is 0.130 e. The second-order valence-electron chi connectivity index (χ2n) is 8.24. The fraction of sp³-hybridized carbons (Fsp3) is 0.133. The highest BCUT2D eigenvalue weighted by Gasteiger charge is 2.03. The highest BCUT2D eigenvalue weighted by molar-refractivity contribution is 7.98. The summed E-state index contributed by atoms with van der Waals surface area (Å²) < 4.78 is 6.07. The molecule has 5 rings (SSSR count). The predicted molar refractivity (Wildman–Crippen MR) is 141 cm³/mol. The molecule has 4 aromatic carbocycles. The van der Waals surface area contributed by atoms with E-state index in [0.29, 0.717) is 12.2 Å². The molecule has 0 radical (unpaired) electrons. The Morgan fingerprint density at radius 3 is 2.44 bits per heavy atom. The molecule has 34 heavy (non-hydrogen) atoms. The SMILES string of the molecule is N#Cc1ccc(CCSCc2ccc3ccc(OCc4ccc5ccccc5n4)cc3c2)cc1. The van der Waals surface area contributed by atoms with Gasteiger partial charge < -0.3 is 4.74 Å². The number of pyridine rings is 1. The van der Waals surface area contributed by atoms with Crippen molar-refractivity contribution in [2.75, 3.05) is 5.75 Å². The van der Waals surface area contributed by atoms with E-state index in [1.54, 1.807) is 0 Å². The van der Waals surface area contributed by atoms with E-state index in [9.17, 15) is 0 Å². The fourth-order valence-corrected chi connectivity index (χ4v) is 4.87. The molecule has 0 saturated heterocycles. The standard InChI is InChI=1S/C30H24N2OS/c31-19-23-7-5-22(6-8-23)15-16-34-21-24-9-10-25-12-14-29(18-27(25)17-24)33-20-28-13-11-26-3-1-2-4-30(26)32-28/h1-14,17-18H,15-16,20-21H2. The van der Waals surface area contributed by atoms with E-state index in [-0.39, 0.29) is 0 Å². The Labute approximate surface area is 204 Å². The molecule has 0 aliphatic carbocycles. The van der Waals surface area contributed by atoms with Crippen molar-refractivity contribution in [1.82, 2.24) is 4.98 Å². The summed E-state index contributed by atoms with van der Waals surface area (Å²) in [5.74, 6) is 2.87. The minimum atomic E-state index is 0.446. The van der Waals surface area contributed by atoms with Gasteiger partial charge in [-0.2, -0.15) is 17.0 Å². The Hall–Kier alpha value is -3.81. The summed E-state index contributed by atoms with van der Waals surface area (Å²) in [7, 11) is 0. The average Bonchev–Trinajstić information content (AvgIpc) is 2.90. The second kappa shape index (κ2) is 10.4. The van der Waals surface area contributed by atoms with Crippen LogP contribution in [0, 0.1) is 11.3 Å². The monoisotopic (exact) mass is 460 g/mol. The maximum absolute atomic E-state index is 8.91. The zero-order valence-corrected chi connectivity index (χ0v) is 19.6. The number of para-hydroxylation sites is 1. The van der Waals surface area contributed by atoms with Crippen molar-refractivity contribution in [2.24, 2.45) is 0 Å². The Balaban J connectivity index is 1.19. The van der Waals surface area contributed by atoms with E-state index in [2.05, 4.69) is 48.5 Å². The summed E-state index contributed by atoms with van der Waals surface area (Å²) in [6.07, 6.45) is 1.00. The molecule has 1 aromatic heterocycles. The summed E-state index contributed by atoms with van der Waals surface area (Å²) in [6.45, 7) is 0.446. The first-order chi connectivity index (χ1) is 16.8. The van der Waals surface area contributed by atoms with Gasteiger partial charge in [-0.05, 0) is 70.5 Å². The van der Waals surface area contributed by atoms with Crippen LogP contribution in [0.5, 0.6) is 5.75 Å². The maximum atomic E-state index is 8.91. The van der Waals surface area contributed by atoms with Crippen molar-refractivity contribution in [1.29, 1.82) is 5.26 Å². The highest BCUT2D eigenvalue weighted by Crippen LogP contribution is 2.25. The molecule has 3 nitrogen and oxygen atoms in total. The lowest BCUT2D eigenvalue weighted by atomic mass is 10.1. The normalized spacial score (nSPS) is 10.9. The number of nitriles is 1. The molecule has 0 fully saturated rings. The topological polar surface area (TPSA) is 45.9 Å². The number of hydrogen-bond donors (Lipinski definition) is 0. The molecule has 1 heterocycles. The van der Waals surface area contributed by atoms with Gasteiger partial charge in [0.25, 0.3) is 0 Å². The molecule has 0 spiro atoms. The van der Waals surface area contributed by atoms with Crippen molar-refractivity contribution >= 4 is 33.4 Å². The van der Waals surface area contributed by atoms with Gasteiger partial charge in [0.05, 0.1) is 22.8 Å². The third-order valence-electron chi connectivity index (χ3n) is 5.81. The minimum Gasteiger partial charge on any atom is -0.487 e. The van der Waals surface area contributed by atoms with Gasteiger partial charge in [-0.3, -0.25) is 0 Å². The molecule has 0 amide bonds. The number of thioether (sulfide) groups is 1. The van der Waals surface area contributed by atoms with Crippen LogP contribution in [0.2, 0.25) is 0 Å². The van der Waals surface area contributed by atoms with Crippen molar-refractivity contribution in [3.05, 3.63) is 119 Å². The number of fused-ring (bicyclic) bond motifs is 2. The van der Waals surface area contributed by atoms with Gasteiger partial charge in [0.1, 0.15) is 12.4 Å². The Kier molecular flexibility index (Phi) is 6.74. The van der Waals surface area contributed by atoms with Crippen LogP contribution < -0.4 is 4.74 Å². The number of aromatic nitrogens is 1. The molecule has 166 valence electrons. The molecule has 4 heteroatoms. The van der Waals surface area contributed by atoms with Gasteiger partial charge in [-0.15, -0.1) is 0 Å². The van der Waals surface area contributed by atoms with Crippen LogP contribution in [0.3, 0.4) is 0 Å². The molecule has 0 aliphatic heterocycles. The lowest BCUT2D eigenvalue weighted by Crippen LogP contribution is -1.98. The van der Waals surface area contributed by atoms with E-state index in [4.69, 9.17) is 15.0 Å². The predicted octanol–water partition coefficient (Wildman–Crippen LogP) is 7.31. The summed E-state index contributed by atoms with van der Waals surface area (Å²) in [4.78, 5) is 4.70. The fourth-order valence-electron chi connectivity index (χ4n) is 3.93. The van der Waals surface area contributed by atoms with Crippen LogP contribution in [0.15, 0.2) is 97.1 Å². The van der Waals surface area contributed by atoms with Gasteiger partial charge in [0, 0.05) is 11.1 Å². The summed E-state index contributed by atoms with van der Waals surface area (Å²) >= 11 is 1.93. The van der Waals surface area contributed by atoms with E-state index >= 15 is 0 Å². The zero-order chi connectivity index (χ0) is 23.2. The highest BCUT2D eigenvalue weighted by atomic mass is 32.2. The van der Waals surface area contributed by atoms with Crippen LogP contribution in [-0.2, 0) is 18.8 Å². The molecule has 0 bridgehead atoms. The summed E-state index contributed by atoms with van der Waals surface area (Å²) in [6, 6.07) is 35.2. The third kappa shape index (κ3) is 5.39. The van der Waals surface area contributed by atoms with E-state index < -0.39 is 0 Å². The van der Waals surface area contributed by atoms with E-state index in [1.165, 1.54) is 21.9 Å². The molecule has 0 atom stereocenters. The quantitative estimate of drug-likeness (QED) is 0.228. The Morgan fingerprint density at radius 1 is 0.765 bits per heavy atom. The number of hydrogen-bond acceptors (Lipinski definition) is 4. The molecule has 0 aliphatic rings. The lowest BCUT2D eigenvalue weighted by molar-refractivity contribution is 0.302. The van der Waals surface area contributed by atoms with Crippen LogP contribution in [0.25, 0.3) is 21.7 Å². The first kappa shape index (κ1) is 22.0. The number of ether oxygens (including phenoxy) is 1. The molecule has 0 N–H and O–H groups in total. The van der Waals surface area contributed by atoms with E-state index in [0.717, 1.165) is 40.3 Å². The smallest absolute Gasteiger partial charge is 0.130 e. The van der Waals surface area contributed by atoms with E-state index in [1.807, 2.05) is 66.4 Å². The van der Waals surface area contributed by atoms with Gasteiger partial charge >= 0.3 is 0 Å². The third-order valence-corrected chi connectivity index (χ3v) is 6.84. The van der Waals surface area contributed by atoms with Crippen molar-refractivity contribution in [3.63, 3.8) is 0 Å². The zero-order valence-electron chi connectivity index (χ0n) is 18.8. The molecule has 5 aromatic rings. The van der Waals surface area contributed by atoms with Gasteiger partial charge in [-0.1, -0.05) is 60.7 Å². The van der Waals surface area contributed by atoms with Crippen molar-refractivity contribution in [3.8, 4) is 11.8 Å². The van der Waals surface area contributed by atoms with Crippen LogP contribution in [0.1, 0.15) is 22.4 Å². The average molecular weight is 461 g/mol.